The van der Waals surface area contributed by atoms with Gasteiger partial charge in [0, 0.05) is 6.92 Å². The molecule has 2 N–H and O–H groups in total. The standard InChI is InChI=1S/C26H46O8/c1-6-10-14-21(15-11-7-2)26(16-12-8-3,17-13-9-4)34-23(30)19-25(32,18-22(28)29)24(31)33-20(5)27/h21,32H,6-19H2,1-5H3,(H,28,29). The molecule has 0 bridgehead atoms. The van der Waals surface area contributed by atoms with Crippen LogP contribution in [0.2, 0.25) is 0 Å². The largest absolute Gasteiger partial charge is 0.481 e. The van der Waals surface area contributed by atoms with E-state index < -0.39 is 47.9 Å². The molecule has 0 radical (unpaired) electrons. The molecular formula is C26H46O8. The topological polar surface area (TPSA) is 127 Å². The van der Waals surface area contributed by atoms with Crippen LogP contribution in [0.15, 0.2) is 0 Å². The third-order valence-electron chi connectivity index (χ3n) is 6.28. The van der Waals surface area contributed by atoms with E-state index in [0.717, 1.165) is 71.1 Å². The Hall–Kier alpha value is -1.96. The predicted molar refractivity (Wildman–Crippen MR) is 129 cm³/mol. The zero-order valence-electron chi connectivity index (χ0n) is 21.8. The van der Waals surface area contributed by atoms with Crippen LogP contribution in [0.4, 0.5) is 0 Å². The number of carbonyl (C=O) groups excluding carboxylic acids is 3. The molecule has 0 aromatic heterocycles. The molecule has 0 amide bonds. The Morgan fingerprint density at radius 2 is 1.26 bits per heavy atom. The van der Waals surface area contributed by atoms with Crippen molar-refractivity contribution >= 4 is 23.9 Å². The van der Waals surface area contributed by atoms with E-state index in [1.807, 2.05) is 0 Å². The minimum atomic E-state index is -2.68. The summed E-state index contributed by atoms with van der Waals surface area (Å²) >= 11 is 0. The number of carbonyl (C=O) groups is 4. The van der Waals surface area contributed by atoms with Crippen LogP contribution in [0.5, 0.6) is 0 Å². The van der Waals surface area contributed by atoms with E-state index in [0.29, 0.717) is 12.8 Å². The first-order valence-corrected chi connectivity index (χ1v) is 12.9. The number of hydrogen-bond acceptors (Lipinski definition) is 7. The fourth-order valence-corrected chi connectivity index (χ4v) is 4.43. The number of rotatable bonds is 19. The molecule has 0 heterocycles. The summed E-state index contributed by atoms with van der Waals surface area (Å²) in [6.07, 6.45) is 8.79. The van der Waals surface area contributed by atoms with E-state index in [2.05, 4.69) is 32.4 Å². The summed E-state index contributed by atoms with van der Waals surface area (Å²) < 4.78 is 10.6. The van der Waals surface area contributed by atoms with Crippen molar-refractivity contribution in [1.29, 1.82) is 0 Å². The normalized spacial score (nSPS) is 13.4. The Balaban J connectivity index is 6.09. The highest BCUT2D eigenvalue weighted by Crippen LogP contribution is 2.40. The van der Waals surface area contributed by atoms with Crippen molar-refractivity contribution in [2.75, 3.05) is 0 Å². The molecule has 0 rings (SSSR count). The van der Waals surface area contributed by atoms with Crippen molar-refractivity contribution in [3.8, 4) is 0 Å². The molecule has 0 aliphatic heterocycles. The van der Waals surface area contributed by atoms with Crippen molar-refractivity contribution in [3.63, 3.8) is 0 Å². The van der Waals surface area contributed by atoms with Crippen molar-refractivity contribution in [2.24, 2.45) is 5.92 Å². The molecule has 0 aliphatic rings. The molecular weight excluding hydrogens is 440 g/mol. The quantitative estimate of drug-likeness (QED) is 0.185. The lowest BCUT2D eigenvalue weighted by molar-refractivity contribution is -0.188. The Labute approximate surface area is 204 Å². The zero-order valence-corrected chi connectivity index (χ0v) is 21.8. The van der Waals surface area contributed by atoms with Gasteiger partial charge in [-0.3, -0.25) is 14.4 Å². The van der Waals surface area contributed by atoms with Crippen molar-refractivity contribution in [3.05, 3.63) is 0 Å². The van der Waals surface area contributed by atoms with Gasteiger partial charge in [-0.05, 0) is 44.4 Å². The molecule has 0 aromatic rings. The van der Waals surface area contributed by atoms with Gasteiger partial charge in [0.2, 0.25) is 0 Å². The molecule has 0 spiro atoms. The summed E-state index contributed by atoms with van der Waals surface area (Å²) in [6, 6.07) is 0. The molecule has 8 heteroatoms. The van der Waals surface area contributed by atoms with Crippen molar-refractivity contribution in [1.82, 2.24) is 0 Å². The molecule has 8 nitrogen and oxygen atoms in total. The van der Waals surface area contributed by atoms with E-state index in [1.54, 1.807) is 0 Å². The number of esters is 3. The van der Waals surface area contributed by atoms with E-state index in [-0.39, 0.29) is 5.92 Å². The number of carboxylic acids is 1. The summed E-state index contributed by atoms with van der Waals surface area (Å²) in [7, 11) is 0. The Kier molecular flexibility index (Phi) is 15.7. The third-order valence-corrected chi connectivity index (χ3v) is 6.28. The van der Waals surface area contributed by atoms with E-state index in [1.165, 1.54) is 0 Å². The fourth-order valence-electron chi connectivity index (χ4n) is 4.43. The highest BCUT2D eigenvalue weighted by molar-refractivity contribution is 5.94. The predicted octanol–water partition coefficient (Wildman–Crippen LogP) is 5.33. The molecule has 1 atom stereocenters. The average molecular weight is 487 g/mol. The van der Waals surface area contributed by atoms with Crippen LogP contribution in [0.1, 0.15) is 125 Å². The third kappa shape index (κ3) is 11.4. The molecule has 1 unspecified atom stereocenters. The average Bonchev–Trinajstić information content (AvgIpc) is 2.74. The van der Waals surface area contributed by atoms with Crippen molar-refractivity contribution in [2.45, 2.75) is 136 Å². The summed E-state index contributed by atoms with van der Waals surface area (Å²) in [5, 5.41) is 19.9. The second-order valence-corrected chi connectivity index (χ2v) is 9.39. The van der Waals surface area contributed by atoms with Gasteiger partial charge < -0.3 is 19.7 Å². The van der Waals surface area contributed by atoms with Crippen LogP contribution in [0, 0.1) is 5.92 Å². The van der Waals surface area contributed by atoms with E-state index in [4.69, 9.17) is 4.74 Å². The second-order valence-electron chi connectivity index (χ2n) is 9.39. The maximum absolute atomic E-state index is 13.2. The van der Waals surface area contributed by atoms with Crippen LogP contribution in [-0.2, 0) is 28.7 Å². The molecule has 198 valence electrons. The minimum Gasteiger partial charge on any atom is -0.481 e. The van der Waals surface area contributed by atoms with Gasteiger partial charge in [-0.15, -0.1) is 0 Å². The lowest BCUT2D eigenvalue weighted by Gasteiger charge is -2.42. The Bertz CT molecular complexity index is 629. The van der Waals surface area contributed by atoms with Gasteiger partial charge in [-0.1, -0.05) is 66.2 Å². The maximum atomic E-state index is 13.2. The molecule has 0 aromatic carbocycles. The smallest absolute Gasteiger partial charge is 0.346 e. The molecule has 34 heavy (non-hydrogen) atoms. The maximum Gasteiger partial charge on any atom is 0.346 e. The fraction of sp³-hybridized carbons (Fsp3) is 0.846. The van der Waals surface area contributed by atoms with Gasteiger partial charge in [-0.2, -0.15) is 0 Å². The highest BCUT2D eigenvalue weighted by atomic mass is 16.6. The number of unbranched alkanes of at least 4 members (excludes halogenated alkanes) is 4. The van der Waals surface area contributed by atoms with Crippen LogP contribution >= 0.6 is 0 Å². The number of hydrogen-bond donors (Lipinski definition) is 2. The first-order chi connectivity index (χ1) is 16.0. The Morgan fingerprint density at radius 1 is 0.794 bits per heavy atom. The first kappa shape index (κ1) is 32.0. The lowest BCUT2D eigenvalue weighted by atomic mass is 9.74. The second kappa shape index (κ2) is 16.6. The SMILES string of the molecule is CCCCC(CCCC)C(CCCC)(CCCC)OC(=O)CC(O)(CC(=O)O)C(=O)OC(C)=O. The molecule has 0 aliphatic carbocycles. The number of ether oxygens (including phenoxy) is 2. The highest BCUT2D eigenvalue weighted by Gasteiger charge is 2.47. The summed E-state index contributed by atoms with van der Waals surface area (Å²) in [5.74, 6) is -4.68. The van der Waals surface area contributed by atoms with Gasteiger partial charge in [-0.25, -0.2) is 4.79 Å². The van der Waals surface area contributed by atoms with E-state index in [9.17, 15) is 29.4 Å². The van der Waals surface area contributed by atoms with Crippen LogP contribution < -0.4 is 0 Å². The van der Waals surface area contributed by atoms with Gasteiger partial charge in [0.1, 0.15) is 5.60 Å². The number of aliphatic carboxylic acids is 1. The van der Waals surface area contributed by atoms with E-state index >= 15 is 0 Å². The molecule has 0 saturated carbocycles. The molecule has 0 saturated heterocycles. The van der Waals surface area contributed by atoms with Crippen LogP contribution in [0.3, 0.4) is 0 Å². The Morgan fingerprint density at radius 3 is 1.65 bits per heavy atom. The van der Waals surface area contributed by atoms with Gasteiger partial charge in [0.15, 0.2) is 5.60 Å². The van der Waals surface area contributed by atoms with Gasteiger partial charge >= 0.3 is 23.9 Å². The summed E-state index contributed by atoms with van der Waals surface area (Å²) in [6.45, 7) is 9.35. The lowest BCUT2D eigenvalue weighted by Crippen LogP contribution is -2.48. The molecule has 0 fully saturated rings. The van der Waals surface area contributed by atoms with Crippen molar-refractivity contribution < 1.29 is 38.9 Å². The van der Waals surface area contributed by atoms with Gasteiger partial charge in [0.25, 0.3) is 0 Å². The number of carboxylic acid groups (broad SMARTS) is 1. The first-order valence-electron chi connectivity index (χ1n) is 12.9. The van der Waals surface area contributed by atoms with Gasteiger partial charge in [0.05, 0.1) is 12.8 Å². The van der Waals surface area contributed by atoms with Crippen LogP contribution in [0.25, 0.3) is 0 Å². The minimum absolute atomic E-state index is 0.131. The van der Waals surface area contributed by atoms with Crippen LogP contribution in [-0.4, -0.2) is 45.3 Å². The zero-order chi connectivity index (χ0) is 26.2. The summed E-state index contributed by atoms with van der Waals surface area (Å²) in [4.78, 5) is 48.0. The summed E-state index contributed by atoms with van der Waals surface area (Å²) in [5.41, 5.74) is -3.43. The monoisotopic (exact) mass is 486 g/mol. The number of aliphatic hydroxyl groups is 1.